The van der Waals surface area contributed by atoms with Crippen LogP contribution < -0.4 is 0 Å². The van der Waals surface area contributed by atoms with Crippen molar-refractivity contribution >= 4 is 17.7 Å². The summed E-state index contributed by atoms with van der Waals surface area (Å²) in [7, 11) is 0. The molecule has 0 saturated heterocycles. The second-order valence-electron chi connectivity index (χ2n) is 4.94. The zero-order valence-corrected chi connectivity index (χ0v) is 11.4. The monoisotopic (exact) mass is 264 g/mol. The van der Waals surface area contributed by atoms with Gasteiger partial charge in [-0.2, -0.15) is 0 Å². The summed E-state index contributed by atoms with van der Waals surface area (Å²) in [5.74, 6) is -0.328. The van der Waals surface area contributed by atoms with Gasteiger partial charge in [-0.25, -0.2) is 0 Å². The lowest BCUT2D eigenvalue weighted by atomic mass is 9.96. The van der Waals surface area contributed by atoms with Gasteiger partial charge in [-0.1, -0.05) is 43.9 Å². The molecule has 1 atom stereocenters. The molecule has 3 heteroatoms. The lowest BCUT2D eigenvalue weighted by molar-refractivity contribution is -0.137. The van der Waals surface area contributed by atoms with E-state index in [1.807, 2.05) is 30.3 Å². The molecule has 1 saturated carbocycles. The van der Waals surface area contributed by atoms with Gasteiger partial charge in [0.05, 0.1) is 0 Å². The lowest BCUT2D eigenvalue weighted by Gasteiger charge is -2.21. The average Bonchev–Trinajstić information content (AvgIpc) is 2.65. The molecule has 0 heterocycles. The maximum Gasteiger partial charge on any atom is 0.317 e. The van der Waals surface area contributed by atoms with Crippen molar-refractivity contribution in [3.05, 3.63) is 30.3 Å². The first kappa shape index (κ1) is 13.5. The molecule has 0 aliphatic heterocycles. The van der Waals surface area contributed by atoms with E-state index in [0.717, 1.165) is 17.7 Å². The van der Waals surface area contributed by atoms with Gasteiger partial charge in [0.15, 0.2) is 0 Å². The van der Waals surface area contributed by atoms with Crippen LogP contribution in [0.2, 0.25) is 0 Å². The second kappa shape index (κ2) is 6.83. The van der Waals surface area contributed by atoms with Crippen molar-refractivity contribution in [2.75, 3.05) is 0 Å². The Morgan fingerprint density at radius 2 is 1.72 bits per heavy atom. The van der Waals surface area contributed by atoms with E-state index < -0.39 is 5.97 Å². The van der Waals surface area contributed by atoms with E-state index in [0.29, 0.717) is 5.92 Å². The third-order valence-corrected chi connectivity index (χ3v) is 4.96. The van der Waals surface area contributed by atoms with Gasteiger partial charge in [-0.05, 0) is 30.9 Å². The smallest absolute Gasteiger partial charge is 0.317 e. The van der Waals surface area contributed by atoms with Gasteiger partial charge in [0.25, 0.3) is 0 Å². The molecule has 1 aliphatic rings. The summed E-state index contributed by atoms with van der Waals surface area (Å²) < 4.78 is 0. The zero-order valence-electron chi connectivity index (χ0n) is 10.5. The van der Waals surface area contributed by atoms with Crippen LogP contribution >= 0.6 is 11.8 Å². The fourth-order valence-electron chi connectivity index (χ4n) is 2.61. The number of thioether (sulfide) groups is 1. The van der Waals surface area contributed by atoms with E-state index in [2.05, 4.69) is 0 Å². The van der Waals surface area contributed by atoms with Crippen LogP contribution in [0, 0.1) is 5.92 Å². The largest absolute Gasteiger partial charge is 0.480 e. The Labute approximate surface area is 113 Å². The number of hydrogen-bond donors (Lipinski definition) is 1. The molecular weight excluding hydrogens is 244 g/mol. The summed E-state index contributed by atoms with van der Waals surface area (Å²) in [4.78, 5) is 12.6. The Bertz CT molecular complexity index is 369. The van der Waals surface area contributed by atoms with Crippen LogP contribution in [0.4, 0.5) is 0 Å². The number of aliphatic carboxylic acids is 1. The Hall–Kier alpha value is -0.960. The maximum atomic E-state index is 11.5. The predicted octanol–water partition coefficient (Wildman–Crippen LogP) is 4.20. The molecule has 1 unspecified atom stereocenters. The van der Waals surface area contributed by atoms with Gasteiger partial charge in [-0.3, -0.25) is 4.79 Å². The summed E-state index contributed by atoms with van der Waals surface area (Å²) in [6, 6.07) is 9.89. The summed E-state index contributed by atoms with van der Waals surface area (Å²) in [6.45, 7) is 0. The van der Waals surface area contributed by atoms with Crippen molar-refractivity contribution in [3.63, 3.8) is 0 Å². The molecule has 1 aromatic rings. The van der Waals surface area contributed by atoms with E-state index in [9.17, 15) is 9.90 Å². The van der Waals surface area contributed by atoms with E-state index in [4.69, 9.17) is 0 Å². The van der Waals surface area contributed by atoms with Crippen LogP contribution in [0.25, 0.3) is 0 Å². The van der Waals surface area contributed by atoms with Gasteiger partial charge in [0, 0.05) is 4.90 Å². The van der Waals surface area contributed by atoms with Crippen molar-refractivity contribution in [3.8, 4) is 0 Å². The molecular formula is C15H20O2S. The van der Waals surface area contributed by atoms with Crippen molar-refractivity contribution in [1.82, 2.24) is 0 Å². The molecule has 2 rings (SSSR count). The molecule has 1 aromatic carbocycles. The minimum Gasteiger partial charge on any atom is -0.480 e. The average molecular weight is 264 g/mol. The van der Waals surface area contributed by atoms with Crippen molar-refractivity contribution in [2.45, 2.75) is 48.7 Å². The molecule has 98 valence electrons. The highest BCUT2D eigenvalue weighted by atomic mass is 32.2. The normalized spacial score (nSPS) is 19.1. The van der Waals surface area contributed by atoms with Crippen molar-refractivity contribution in [1.29, 1.82) is 0 Å². The highest BCUT2D eigenvalue weighted by Gasteiger charge is 2.29. The molecule has 1 fully saturated rings. The van der Waals surface area contributed by atoms with E-state index in [-0.39, 0.29) is 5.25 Å². The number of carboxylic acid groups (broad SMARTS) is 1. The molecule has 1 aliphatic carbocycles. The first-order chi connectivity index (χ1) is 8.77. The van der Waals surface area contributed by atoms with E-state index in [1.54, 1.807) is 0 Å². The number of hydrogen-bond acceptors (Lipinski definition) is 2. The first-order valence-electron chi connectivity index (χ1n) is 6.72. The van der Waals surface area contributed by atoms with Crippen LogP contribution in [-0.4, -0.2) is 16.3 Å². The van der Waals surface area contributed by atoms with Crippen LogP contribution in [0.3, 0.4) is 0 Å². The Balaban J connectivity index is 2.05. The van der Waals surface area contributed by atoms with Gasteiger partial charge < -0.3 is 5.11 Å². The fourth-order valence-corrected chi connectivity index (χ4v) is 3.78. The van der Waals surface area contributed by atoms with Crippen molar-refractivity contribution < 1.29 is 9.90 Å². The quantitative estimate of drug-likeness (QED) is 0.654. The molecule has 0 bridgehead atoms. The third-order valence-electron chi connectivity index (χ3n) is 3.58. The van der Waals surface area contributed by atoms with Gasteiger partial charge >= 0.3 is 5.97 Å². The van der Waals surface area contributed by atoms with Crippen LogP contribution in [0.15, 0.2) is 35.2 Å². The van der Waals surface area contributed by atoms with Gasteiger partial charge in [0.2, 0.25) is 0 Å². The molecule has 2 nitrogen and oxygen atoms in total. The minimum atomic E-state index is -0.657. The summed E-state index contributed by atoms with van der Waals surface area (Å²) >= 11 is 1.51. The SMILES string of the molecule is O=C(O)C(Sc1ccccc1)C1CCCCCC1. The molecule has 0 amide bonds. The van der Waals surface area contributed by atoms with E-state index in [1.165, 1.54) is 37.4 Å². The fraction of sp³-hybridized carbons (Fsp3) is 0.533. The van der Waals surface area contributed by atoms with Crippen LogP contribution in [0.1, 0.15) is 38.5 Å². The Kier molecular flexibility index (Phi) is 5.12. The molecule has 0 spiro atoms. The highest BCUT2D eigenvalue weighted by Crippen LogP contribution is 2.35. The zero-order chi connectivity index (χ0) is 12.8. The van der Waals surface area contributed by atoms with E-state index >= 15 is 0 Å². The lowest BCUT2D eigenvalue weighted by Crippen LogP contribution is -2.26. The van der Waals surface area contributed by atoms with Gasteiger partial charge in [-0.15, -0.1) is 11.8 Å². The molecule has 18 heavy (non-hydrogen) atoms. The number of carboxylic acids is 1. The maximum absolute atomic E-state index is 11.5. The second-order valence-corrected chi connectivity index (χ2v) is 6.16. The standard InChI is InChI=1S/C15H20O2S/c16-15(17)14(12-8-4-1-2-5-9-12)18-13-10-6-3-7-11-13/h3,6-7,10-12,14H,1-2,4-5,8-9H2,(H,16,17). The van der Waals surface area contributed by atoms with Crippen molar-refractivity contribution in [2.24, 2.45) is 5.92 Å². The highest BCUT2D eigenvalue weighted by molar-refractivity contribution is 8.00. The topological polar surface area (TPSA) is 37.3 Å². The Morgan fingerprint density at radius 3 is 2.28 bits per heavy atom. The number of carbonyl (C=O) groups is 1. The minimum absolute atomic E-state index is 0.287. The summed E-state index contributed by atoms with van der Waals surface area (Å²) in [5, 5.41) is 9.17. The molecule has 0 aromatic heterocycles. The molecule has 1 N–H and O–H groups in total. The Morgan fingerprint density at radius 1 is 1.11 bits per heavy atom. The third kappa shape index (κ3) is 3.77. The van der Waals surface area contributed by atoms with Crippen LogP contribution in [-0.2, 0) is 4.79 Å². The summed E-state index contributed by atoms with van der Waals surface area (Å²) in [6.07, 6.45) is 7.03. The van der Waals surface area contributed by atoms with Gasteiger partial charge in [0.1, 0.15) is 5.25 Å². The molecule has 0 radical (unpaired) electrons. The number of benzene rings is 1. The number of rotatable bonds is 4. The van der Waals surface area contributed by atoms with Crippen LogP contribution in [0.5, 0.6) is 0 Å². The summed E-state index contributed by atoms with van der Waals surface area (Å²) in [5.41, 5.74) is 0. The first-order valence-corrected chi connectivity index (χ1v) is 7.60. The predicted molar refractivity (Wildman–Crippen MR) is 74.9 cm³/mol.